The summed E-state index contributed by atoms with van der Waals surface area (Å²) in [6.07, 6.45) is 0. The molecule has 2 aromatic rings. The van der Waals surface area contributed by atoms with Gasteiger partial charge in [0.1, 0.15) is 11.4 Å². The summed E-state index contributed by atoms with van der Waals surface area (Å²) in [5.74, 6) is 0.535. The van der Waals surface area contributed by atoms with Gasteiger partial charge in [0.15, 0.2) is 0 Å². The zero-order valence-corrected chi connectivity index (χ0v) is 15.5. The molecular weight excluding hydrogens is 372 g/mol. The van der Waals surface area contributed by atoms with Crippen molar-refractivity contribution >= 4 is 34.7 Å². The number of anilines is 2. The first-order valence-electron chi connectivity index (χ1n) is 8.37. The first-order chi connectivity index (χ1) is 13.0. The number of nitrogens with zero attached hydrogens (tertiary/aromatic N) is 3. The molecule has 0 aromatic heterocycles. The van der Waals surface area contributed by atoms with Crippen molar-refractivity contribution < 1.29 is 14.5 Å². The van der Waals surface area contributed by atoms with Crippen molar-refractivity contribution in [1.29, 1.82) is 0 Å². The molecule has 0 radical (unpaired) electrons. The van der Waals surface area contributed by atoms with Crippen LogP contribution in [0.2, 0.25) is 5.02 Å². The summed E-state index contributed by atoms with van der Waals surface area (Å²) in [5, 5.41) is 14.4. The third-order valence-corrected chi connectivity index (χ3v) is 4.68. The standard InChI is InChI=1S/C18H19ClN4O4/c1-27-17-7-6-13(12-14(17)19)20-18(24)22-10-8-21(9-11-22)15-4-2-3-5-16(15)23(25)26/h2-7,12H,8-11H2,1H3,(H,20,24). The topological polar surface area (TPSA) is 88.0 Å². The van der Waals surface area contributed by atoms with Gasteiger partial charge < -0.3 is 19.9 Å². The summed E-state index contributed by atoms with van der Waals surface area (Å²) in [7, 11) is 1.52. The number of rotatable bonds is 4. The Kier molecular flexibility index (Phi) is 5.66. The molecule has 0 spiro atoms. The number of amides is 2. The quantitative estimate of drug-likeness (QED) is 0.636. The van der Waals surface area contributed by atoms with Crippen LogP contribution in [0.1, 0.15) is 0 Å². The summed E-state index contributed by atoms with van der Waals surface area (Å²) in [4.78, 5) is 26.9. The molecule has 0 aliphatic carbocycles. The number of para-hydroxylation sites is 2. The predicted molar refractivity (Wildman–Crippen MR) is 104 cm³/mol. The van der Waals surface area contributed by atoms with Gasteiger partial charge in [0.2, 0.25) is 0 Å². The smallest absolute Gasteiger partial charge is 0.321 e. The van der Waals surface area contributed by atoms with E-state index in [0.717, 1.165) is 0 Å². The van der Waals surface area contributed by atoms with E-state index in [1.807, 2.05) is 4.90 Å². The number of hydrogen-bond donors (Lipinski definition) is 1. The number of carbonyl (C=O) groups excluding carboxylic acids is 1. The van der Waals surface area contributed by atoms with Gasteiger partial charge in [-0.15, -0.1) is 0 Å². The number of nitro groups is 1. The number of urea groups is 1. The molecule has 2 amide bonds. The van der Waals surface area contributed by atoms with Crippen LogP contribution >= 0.6 is 11.6 Å². The van der Waals surface area contributed by atoms with E-state index in [4.69, 9.17) is 16.3 Å². The molecule has 9 heteroatoms. The maximum absolute atomic E-state index is 12.5. The zero-order valence-electron chi connectivity index (χ0n) is 14.7. The van der Waals surface area contributed by atoms with Gasteiger partial charge in [0.05, 0.1) is 17.1 Å². The van der Waals surface area contributed by atoms with E-state index >= 15 is 0 Å². The highest BCUT2D eigenvalue weighted by Crippen LogP contribution is 2.29. The zero-order chi connectivity index (χ0) is 19.4. The molecule has 1 aliphatic rings. The molecule has 142 valence electrons. The van der Waals surface area contributed by atoms with Crippen LogP contribution in [0, 0.1) is 10.1 Å². The molecular formula is C18H19ClN4O4. The number of nitro benzene ring substituents is 1. The van der Waals surface area contributed by atoms with E-state index in [2.05, 4.69) is 5.32 Å². The number of carbonyl (C=O) groups is 1. The third-order valence-electron chi connectivity index (χ3n) is 4.39. The molecule has 1 saturated heterocycles. The van der Waals surface area contributed by atoms with E-state index in [0.29, 0.717) is 48.3 Å². The number of nitrogens with one attached hydrogen (secondary N) is 1. The Labute approximate surface area is 161 Å². The average molecular weight is 391 g/mol. The molecule has 0 bridgehead atoms. The highest BCUT2D eigenvalue weighted by atomic mass is 35.5. The van der Waals surface area contributed by atoms with Crippen LogP contribution in [0.5, 0.6) is 5.75 Å². The molecule has 0 unspecified atom stereocenters. The fraction of sp³-hybridized carbons (Fsp3) is 0.278. The van der Waals surface area contributed by atoms with Crippen LogP contribution in [0.25, 0.3) is 0 Å². The first kappa shape index (κ1) is 18.8. The second kappa shape index (κ2) is 8.13. The Hall–Kier alpha value is -3.00. The number of methoxy groups -OCH3 is 1. The van der Waals surface area contributed by atoms with Gasteiger partial charge in [-0.25, -0.2) is 4.79 Å². The molecule has 1 heterocycles. The van der Waals surface area contributed by atoms with E-state index in [-0.39, 0.29) is 16.6 Å². The minimum atomic E-state index is -0.387. The van der Waals surface area contributed by atoms with Gasteiger partial charge >= 0.3 is 6.03 Å². The summed E-state index contributed by atoms with van der Waals surface area (Å²) >= 11 is 6.07. The third kappa shape index (κ3) is 4.22. The minimum absolute atomic E-state index is 0.0725. The Morgan fingerprint density at radius 3 is 2.52 bits per heavy atom. The second-order valence-electron chi connectivity index (χ2n) is 6.00. The Bertz CT molecular complexity index is 853. The van der Waals surface area contributed by atoms with Crippen molar-refractivity contribution in [1.82, 2.24) is 4.90 Å². The lowest BCUT2D eigenvalue weighted by atomic mass is 10.2. The maximum atomic E-state index is 12.5. The van der Waals surface area contributed by atoms with Crippen molar-refractivity contribution in [3.8, 4) is 5.75 Å². The van der Waals surface area contributed by atoms with E-state index in [1.54, 1.807) is 41.3 Å². The van der Waals surface area contributed by atoms with Gasteiger partial charge in [-0.2, -0.15) is 0 Å². The van der Waals surface area contributed by atoms with Gasteiger partial charge in [0, 0.05) is 37.9 Å². The lowest BCUT2D eigenvalue weighted by Crippen LogP contribution is -2.50. The predicted octanol–water partition coefficient (Wildman–Crippen LogP) is 3.61. The largest absolute Gasteiger partial charge is 0.495 e. The van der Waals surface area contributed by atoms with Crippen LogP contribution < -0.4 is 15.0 Å². The molecule has 2 aromatic carbocycles. The van der Waals surface area contributed by atoms with Crippen LogP contribution in [0.3, 0.4) is 0 Å². The first-order valence-corrected chi connectivity index (χ1v) is 8.75. The monoisotopic (exact) mass is 390 g/mol. The molecule has 1 aliphatic heterocycles. The summed E-state index contributed by atoms with van der Waals surface area (Å²) in [5.41, 5.74) is 1.22. The van der Waals surface area contributed by atoms with Crippen LogP contribution in [0.15, 0.2) is 42.5 Å². The summed E-state index contributed by atoms with van der Waals surface area (Å²) < 4.78 is 5.09. The Morgan fingerprint density at radius 1 is 1.19 bits per heavy atom. The Balaban J connectivity index is 1.61. The lowest BCUT2D eigenvalue weighted by Gasteiger charge is -2.35. The van der Waals surface area contributed by atoms with Gasteiger partial charge in [-0.1, -0.05) is 23.7 Å². The second-order valence-corrected chi connectivity index (χ2v) is 6.41. The summed E-state index contributed by atoms with van der Waals surface area (Å²) in [6.45, 7) is 1.95. The minimum Gasteiger partial charge on any atom is -0.495 e. The fourth-order valence-corrected chi connectivity index (χ4v) is 3.24. The number of halogens is 1. The van der Waals surface area contributed by atoms with Crippen molar-refractivity contribution in [3.05, 3.63) is 57.6 Å². The van der Waals surface area contributed by atoms with E-state index < -0.39 is 0 Å². The molecule has 1 fully saturated rings. The average Bonchev–Trinajstić information content (AvgIpc) is 2.68. The molecule has 8 nitrogen and oxygen atoms in total. The number of benzene rings is 2. The van der Waals surface area contributed by atoms with Crippen molar-refractivity contribution in [2.45, 2.75) is 0 Å². The normalized spacial score (nSPS) is 14.0. The van der Waals surface area contributed by atoms with Crippen LogP contribution in [0.4, 0.5) is 21.9 Å². The number of piperazine rings is 1. The molecule has 1 N–H and O–H groups in total. The SMILES string of the molecule is COc1ccc(NC(=O)N2CCN(c3ccccc3[N+](=O)[O-])CC2)cc1Cl. The van der Waals surface area contributed by atoms with Gasteiger partial charge in [0.25, 0.3) is 5.69 Å². The van der Waals surface area contributed by atoms with E-state index in [1.165, 1.54) is 13.2 Å². The molecule has 3 rings (SSSR count). The van der Waals surface area contributed by atoms with Gasteiger partial charge in [-0.05, 0) is 24.3 Å². The molecule has 0 atom stereocenters. The highest BCUT2D eigenvalue weighted by Gasteiger charge is 2.25. The fourth-order valence-electron chi connectivity index (χ4n) is 2.98. The molecule has 0 saturated carbocycles. The van der Waals surface area contributed by atoms with Gasteiger partial charge in [-0.3, -0.25) is 10.1 Å². The maximum Gasteiger partial charge on any atom is 0.321 e. The highest BCUT2D eigenvalue weighted by molar-refractivity contribution is 6.32. The van der Waals surface area contributed by atoms with Crippen molar-refractivity contribution in [2.75, 3.05) is 43.5 Å². The Morgan fingerprint density at radius 2 is 1.89 bits per heavy atom. The summed E-state index contributed by atoms with van der Waals surface area (Å²) in [6, 6.07) is 11.4. The van der Waals surface area contributed by atoms with Crippen molar-refractivity contribution in [3.63, 3.8) is 0 Å². The van der Waals surface area contributed by atoms with Crippen LogP contribution in [-0.2, 0) is 0 Å². The number of ether oxygens (including phenoxy) is 1. The number of hydrogen-bond acceptors (Lipinski definition) is 5. The van der Waals surface area contributed by atoms with E-state index in [9.17, 15) is 14.9 Å². The van der Waals surface area contributed by atoms with Crippen molar-refractivity contribution in [2.24, 2.45) is 0 Å². The molecule has 27 heavy (non-hydrogen) atoms. The lowest BCUT2D eigenvalue weighted by molar-refractivity contribution is -0.384. The van der Waals surface area contributed by atoms with Crippen LogP contribution in [-0.4, -0.2) is 49.1 Å².